The van der Waals surface area contributed by atoms with E-state index in [1.165, 1.54) is 12.1 Å². The molecule has 0 amide bonds. The third-order valence-corrected chi connectivity index (χ3v) is 2.67. The lowest BCUT2D eigenvalue weighted by Crippen LogP contribution is -2.03. The third-order valence-electron chi connectivity index (χ3n) is 2.67. The Hall–Kier alpha value is -2.29. The van der Waals surface area contributed by atoms with Gasteiger partial charge in [-0.3, -0.25) is 0 Å². The van der Waals surface area contributed by atoms with Crippen LogP contribution in [0.5, 0.6) is 5.75 Å². The van der Waals surface area contributed by atoms with E-state index in [2.05, 4.69) is 0 Å². The maximum absolute atomic E-state index is 11.3. The van der Waals surface area contributed by atoms with Crippen molar-refractivity contribution in [3.63, 3.8) is 0 Å². The maximum atomic E-state index is 11.3. The van der Waals surface area contributed by atoms with E-state index in [1.807, 2.05) is 31.2 Å². The van der Waals surface area contributed by atoms with E-state index in [4.69, 9.17) is 5.11 Å². The van der Waals surface area contributed by atoms with Crippen LogP contribution in [0.4, 0.5) is 0 Å². The number of aryl methyl sites for hydroxylation is 1. The SMILES string of the molecule is Cc1ccccc1-c1ccc([O-])c(C(=O)O)c1. The molecule has 0 aliphatic carbocycles. The highest BCUT2D eigenvalue weighted by molar-refractivity contribution is 5.92. The number of rotatable bonds is 2. The molecule has 3 nitrogen and oxygen atoms in total. The summed E-state index contributed by atoms with van der Waals surface area (Å²) in [5.41, 5.74) is 2.54. The number of carbonyl (C=O) groups is 1. The van der Waals surface area contributed by atoms with E-state index in [1.54, 1.807) is 6.07 Å². The predicted molar refractivity (Wildman–Crippen MR) is 63.0 cm³/mol. The van der Waals surface area contributed by atoms with Crippen LogP contribution in [0.2, 0.25) is 0 Å². The molecule has 0 saturated heterocycles. The molecule has 1 N–H and O–H groups in total. The van der Waals surface area contributed by atoms with Crippen LogP contribution in [0, 0.1) is 6.92 Å². The minimum absolute atomic E-state index is 0.189. The highest BCUT2D eigenvalue weighted by Crippen LogP contribution is 2.26. The Morgan fingerprint density at radius 1 is 1.18 bits per heavy atom. The van der Waals surface area contributed by atoms with Crippen molar-refractivity contribution in [3.05, 3.63) is 53.6 Å². The van der Waals surface area contributed by atoms with Crippen molar-refractivity contribution in [1.82, 2.24) is 0 Å². The fraction of sp³-hybridized carbons (Fsp3) is 0.0714. The first-order valence-electron chi connectivity index (χ1n) is 5.20. The van der Waals surface area contributed by atoms with Gasteiger partial charge < -0.3 is 10.2 Å². The number of aromatic carboxylic acids is 1. The van der Waals surface area contributed by atoms with Gasteiger partial charge in [0, 0.05) is 0 Å². The van der Waals surface area contributed by atoms with Crippen LogP contribution in [0.3, 0.4) is 0 Å². The van der Waals surface area contributed by atoms with Crippen LogP contribution >= 0.6 is 0 Å². The summed E-state index contributed by atoms with van der Waals surface area (Å²) in [6.07, 6.45) is 0. The van der Waals surface area contributed by atoms with E-state index < -0.39 is 11.7 Å². The molecule has 0 spiro atoms. The Labute approximate surface area is 99.0 Å². The molecule has 0 aliphatic heterocycles. The monoisotopic (exact) mass is 227 g/mol. The summed E-state index contributed by atoms with van der Waals surface area (Å²) < 4.78 is 0. The Balaban J connectivity index is 2.58. The van der Waals surface area contributed by atoms with E-state index in [9.17, 15) is 9.90 Å². The number of carboxylic acids is 1. The second kappa shape index (κ2) is 4.29. The molecular formula is C14H11O3-. The Kier molecular flexibility index (Phi) is 2.83. The summed E-state index contributed by atoms with van der Waals surface area (Å²) in [6, 6.07) is 12.0. The van der Waals surface area contributed by atoms with Gasteiger partial charge in [-0.2, -0.15) is 0 Å². The van der Waals surface area contributed by atoms with Crippen LogP contribution in [0.1, 0.15) is 15.9 Å². The second-order valence-electron chi connectivity index (χ2n) is 3.83. The lowest BCUT2D eigenvalue weighted by atomic mass is 9.98. The van der Waals surface area contributed by atoms with Crippen LogP contribution in [0.25, 0.3) is 11.1 Å². The molecule has 2 aromatic rings. The minimum Gasteiger partial charge on any atom is -0.872 e. The molecule has 0 bridgehead atoms. The molecule has 0 atom stereocenters. The van der Waals surface area contributed by atoms with Gasteiger partial charge in [0.25, 0.3) is 0 Å². The van der Waals surface area contributed by atoms with Crippen molar-refractivity contribution < 1.29 is 15.0 Å². The van der Waals surface area contributed by atoms with Crippen LogP contribution in [0.15, 0.2) is 42.5 Å². The van der Waals surface area contributed by atoms with Crippen LogP contribution < -0.4 is 5.11 Å². The van der Waals surface area contributed by atoms with Gasteiger partial charge in [0.05, 0.1) is 5.56 Å². The smallest absolute Gasteiger partial charge is 0.335 e. The van der Waals surface area contributed by atoms with Gasteiger partial charge >= 0.3 is 5.97 Å². The predicted octanol–water partition coefficient (Wildman–Crippen LogP) is 2.43. The van der Waals surface area contributed by atoms with Gasteiger partial charge in [-0.1, -0.05) is 42.1 Å². The van der Waals surface area contributed by atoms with E-state index >= 15 is 0 Å². The molecule has 86 valence electrons. The van der Waals surface area contributed by atoms with Crippen molar-refractivity contribution in [2.45, 2.75) is 6.92 Å². The van der Waals surface area contributed by atoms with Crippen molar-refractivity contribution in [2.24, 2.45) is 0 Å². The van der Waals surface area contributed by atoms with Gasteiger partial charge in [-0.25, -0.2) is 4.79 Å². The Morgan fingerprint density at radius 2 is 1.88 bits per heavy atom. The zero-order valence-corrected chi connectivity index (χ0v) is 9.31. The average molecular weight is 227 g/mol. The first-order chi connectivity index (χ1) is 8.09. The topological polar surface area (TPSA) is 60.4 Å². The fourth-order valence-corrected chi connectivity index (χ4v) is 1.76. The lowest BCUT2D eigenvalue weighted by molar-refractivity contribution is -0.268. The quantitative estimate of drug-likeness (QED) is 0.857. The lowest BCUT2D eigenvalue weighted by Gasteiger charge is -2.13. The van der Waals surface area contributed by atoms with Gasteiger partial charge in [0.15, 0.2) is 0 Å². The van der Waals surface area contributed by atoms with Crippen molar-refractivity contribution in [2.75, 3.05) is 0 Å². The summed E-state index contributed by atoms with van der Waals surface area (Å²) in [7, 11) is 0. The Bertz CT molecular complexity index is 573. The van der Waals surface area contributed by atoms with E-state index in [-0.39, 0.29) is 5.56 Å². The van der Waals surface area contributed by atoms with Crippen LogP contribution in [-0.4, -0.2) is 11.1 Å². The average Bonchev–Trinajstić information content (AvgIpc) is 2.30. The van der Waals surface area contributed by atoms with Gasteiger partial charge in [0.2, 0.25) is 0 Å². The van der Waals surface area contributed by atoms with Gasteiger partial charge in [-0.05, 0) is 29.7 Å². The molecule has 17 heavy (non-hydrogen) atoms. The molecule has 0 radical (unpaired) electrons. The molecule has 0 fully saturated rings. The molecule has 0 aliphatic rings. The number of carboxylic acid groups (broad SMARTS) is 1. The first kappa shape index (κ1) is 11.2. The maximum Gasteiger partial charge on any atom is 0.335 e. The van der Waals surface area contributed by atoms with Gasteiger partial charge in [0.1, 0.15) is 0 Å². The molecule has 2 rings (SSSR count). The first-order valence-corrected chi connectivity index (χ1v) is 5.20. The normalized spacial score (nSPS) is 10.2. The van der Waals surface area contributed by atoms with Crippen molar-refractivity contribution >= 4 is 5.97 Å². The highest BCUT2D eigenvalue weighted by atomic mass is 16.4. The number of hydrogen-bond acceptors (Lipinski definition) is 2. The summed E-state index contributed by atoms with van der Waals surface area (Å²) in [5.74, 6) is -1.65. The summed E-state index contributed by atoms with van der Waals surface area (Å²) in [5, 5.41) is 20.3. The number of benzene rings is 2. The van der Waals surface area contributed by atoms with E-state index in [0.29, 0.717) is 0 Å². The molecular weight excluding hydrogens is 216 g/mol. The molecule has 2 aromatic carbocycles. The molecule has 0 unspecified atom stereocenters. The minimum atomic E-state index is -1.19. The molecule has 3 heteroatoms. The zero-order valence-electron chi connectivity index (χ0n) is 9.31. The van der Waals surface area contributed by atoms with Crippen molar-refractivity contribution in [1.29, 1.82) is 0 Å². The van der Waals surface area contributed by atoms with Gasteiger partial charge in [-0.15, -0.1) is 0 Å². The fourth-order valence-electron chi connectivity index (χ4n) is 1.76. The Morgan fingerprint density at radius 3 is 2.53 bits per heavy atom. The molecule has 0 saturated carbocycles. The summed E-state index contributed by atoms with van der Waals surface area (Å²) in [6.45, 7) is 1.95. The van der Waals surface area contributed by atoms with Crippen molar-refractivity contribution in [3.8, 4) is 16.9 Å². The highest BCUT2D eigenvalue weighted by Gasteiger charge is 2.07. The third kappa shape index (κ3) is 2.13. The number of hydrogen-bond donors (Lipinski definition) is 1. The summed E-state index contributed by atoms with van der Waals surface area (Å²) >= 11 is 0. The summed E-state index contributed by atoms with van der Waals surface area (Å²) in [4.78, 5) is 10.9. The largest absolute Gasteiger partial charge is 0.872 e. The van der Waals surface area contributed by atoms with Crippen LogP contribution in [-0.2, 0) is 0 Å². The molecule has 0 aromatic heterocycles. The van der Waals surface area contributed by atoms with E-state index in [0.717, 1.165) is 16.7 Å². The standard InChI is InChI=1S/C14H12O3/c1-9-4-2-3-5-11(9)10-6-7-13(15)12(8-10)14(16)17/h2-8,15H,1H3,(H,16,17)/p-1. The molecule has 0 heterocycles. The zero-order chi connectivity index (χ0) is 12.4. The second-order valence-corrected chi connectivity index (χ2v) is 3.83.